The third kappa shape index (κ3) is 3.05. The molecule has 0 saturated heterocycles. The van der Waals surface area contributed by atoms with Crippen molar-refractivity contribution >= 4 is 22.9 Å². The molecule has 0 spiro atoms. The number of hydrogen-bond donors (Lipinski definition) is 2. The van der Waals surface area contributed by atoms with Crippen molar-refractivity contribution in [3.63, 3.8) is 0 Å². The van der Waals surface area contributed by atoms with Gasteiger partial charge in [0.2, 0.25) is 5.71 Å². The lowest BCUT2D eigenvalue weighted by Crippen LogP contribution is -2.14. The summed E-state index contributed by atoms with van der Waals surface area (Å²) >= 11 is 0. The topological polar surface area (TPSA) is 101 Å². The highest BCUT2D eigenvalue weighted by Gasteiger charge is 2.13. The number of carbonyl (C=O) groups excluding carboxylic acids is 1. The number of H-pyrrole nitrogens is 1. The molecule has 1 amide bonds. The van der Waals surface area contributed by atoms with Crippen LogP contribution in [0.15, 0.2) is 56.5 Å². The molecule has 0 bridgehead atoms. The van der Waals surface area contributed by atoms with Gasteiger partial charge < -0.3 is 9.15 Å². The quantitative estimate of drug-likeness (QED) is 0.770. The summed E-state index contributed by atoms with van der Waals surface area (Å²) in [4.78, 5) is 37.8. The van der Waals surface area contributed by atoms with Gasteiger partial charge in [-0.25, -0.2) is 4.79 Å². The van der Waals surface area contributed by atoms with E-state index in [-0.39, 0.29) is 34.5 Å². The van der Waals surface area contributed by atoms with Crippen LogP contribution < -0.4 is 16.3 Å². The lowest BCUT2D eigenvalue weighted by molar-refractivity contribution is 0.168. The maximum atomic E-state index is 12.2. The fraction of sp³-hybridized carbons (Fsp3) is 0.118. The number of fused-ring (bicyclic) bond motifs is 1. The van der Waals surface area contributed by atoms with Crippen LogP contribution in [0.2, 0.25) is 0 Å². The van der Waals surface area contributed by atoms with Crippen molar-refractivity contribution in [3.8, 4) is 11.3 Å². The third-order valence-corrected chi connectivity index (χ3v) is 3.33. The standard InChI is InChI=1S/C17H14N2O5/c1-2-23-17(22)18-12-6-4-3-5-10(12)14-9-13(20)11-7-8-15(21)19-16(11)24-14/h3-9H,2H2,1H3,(H,18,22)(H,19,21). The number of pyridine rings is 1. The molecule has 1 aromatic carbocycles. The number of para-hydroxylation sites is 1. The number of amides is 1. The fourth-order valence-corrected chi connectivity index (χ4v) is 2.28. The molecule has 0 atom stereocenters. The van der Waals surface area contributed by atoms with Crippen LogP contribution >= 0.6 is 0 Å². The predicted octanol–water partition coefficient (Wildman–Crippen LogP) is 2.72. The van der Waals surface area contributed by atoms with Gasteiger partial charge in [0.25, 0.3) is 5.56 Å². The summed E-state index contributed by atoms with van der Waals surface area (Å²) in [5.41, 5.74) is 0.330. The van der Waals surface area contributed by atoms with Crippen molar-refractivity contribution in [1.29, 1.82) is 0 Å². The first-order valence-corrected chi connectivity index (χ1v) is 7.29. The number of anilines is 1. The highest BCUT2D eigenvalue weighted by molar-refractivity contribution is 5.91. The van der Waals surface area contributed by atoms with E-state index < -0.39 is 6.09 Å². The summed E-state index contributed by atoms with van der Waals surface area (Å²) in [6.07, 6.45) is -0.610. The average molecular weight is 326 g/mol. The Bertz CT molecular complexity index is 1020. The van der Waals surface area contributed by atoms with Crippen LogP contribution in [0.5, 0.6) is 0 Å². The number of ether oxygens (including phenoxy) is 1. The van der Waals surface area contributed by atoms with Crippen molar-refractivity contribution in [2.45, 2.75) is 6.92 Å². The molecular weight excluding hydrogens is 312 g/mol. The molecule has 0 fully saturated rings. The maximum absolute atomic E-state index is 12.2. The lowest BCUT2D eigenvalue weighted by atomic mass is 10.1. The molecule has 2 heterocycles. The molecule has 7 nitrogen and oxygen atoms in total. The summed E-state index contributed by atoms with van der Waals surface area (Å²) < 4.78 is 10.5. The average Bonchev–Trinajstić information content (AvgIpc) is 2.55. The summed E-state index contributed by atoms with van der Waals surface area (Å²) in [7, 11) is 0. The second kappa shape index (κ2) is 6.41. The number of hydrogen-bond acceptors (Lipinski definition) is 5. The first-order chi connectivity index (χ1) is 11.6. The molecule has 0 radical (unpaired) electrons. The van der Waals surface area contributed by atoms with Gasteiger partial charge in [-0.05, 0) is 25.1 Å². The minimum absolute atomic E-state index is 0.0796. The van der Waals surface area contributed by atoms with Gasteiger partial charge in [-0.3, -0.25) is 19.9 Å². The molecule has 122 valence electrons. The van der Waals surface area contributed by atoms with Crippen LogP contribution in [0.1, 0.15) is 6.92 Å². The number of carbonyl (C=O) groups is 1. The van der Waals surface area contributed by atoms with E-state index in [1.165, 1.54) is 18.2 Å². The van der Waals surface area contributed by atoms with Crippen LogP contribution in [0.3, 0.4) is 0 Å². The molecule has 0 aliphatic heterocycles. The lowest BCUT2D eigenvalue weighted by Gasteiger charge is -2.10. The van der Waals surface area contributed by atoms with Gasteiger partial charge in [0.1, 0.15) is 5.76 Å². The summed E-state index contributed by atoms with van der Waals surface area (Å²) in [5, 5.41) is 2.87. The van der Waals surface area contributed by atoms with Crippen molar-refractivity contribution < 1.29 is 13.9 Å². The Kier molecular flexibility index (Phi) is 4.15. The second-order valence-electron chi connectivity index (χ2n) is 4.93. The summed E-state index contributed by atoms with van der Waals surface area (Å²) in [6.45, 7) is 1.94. The van der Waals surface area contributed by atoms with Crippen molar-refractivity contribution in [2.75, 3.05) is 11.9 Å². The molecule has 0 aliphatic carbocycles. The van der Waals surface area contributed by atoms with E-state index in [0.717, 1.165) is 0 Å². The van der Waals surface area contributed by atoms with Gasteiger partial charge in [0.05, 0.1) is 17.7 Å². The monoisotopic (exact) mass is 326 g/mol. The van der Waals surface area contributed by atoms with Crippen LogP contribution in [-0.2, 0) is 4.74 Å². The summed E-state index contributed by atoms with van der Waals surface area (Å²) in [6, 6.07) is 10.8. The van der Waals surface area contributed by atoms with Crippen LogP contribution in [0.25, 0.3) is 22.4 Å². The van der Waals surface area contributed by atoms with E-state index >= 15 is 0 Å². The molecule has 3 aromatic rings. The van der Waals surface area contributed by atoms with Gasteiger partial charge in [0.15, 0.2) is 5.43 Å². The first-order valence-electron chi connectivity index (χ1n) is 7.29. The number of aromatic amines is 1. The zero-order chi connectivity index (χ0) is 17.1. The molecule has 2 aromatic heterocycles. The molecular formula is C17H14N2O5. The van der Waals surface area contributed by atoms with E-state index in [9.17, 15) is 14.4 Å². The highest BCUT2D eigenvalue weighted by Crippen LogP contribution is 2.28. The zero-order valence-electron chi connectivity index (χ0n) is 12.8. The summed E-state index contributed by atoms with van der Waals surface area (Å²) in [5.74, 6) is 0.224. The Morgan fingerprint density at radius 2 is 2.00 bits per heavy atom. The van der Waals surface area contributed by atoms with Crippen LogP contribution in [0.4, 0.5) is 10.5 Å². The van der Waals surface area contributed by atoms with Crippen molar-refractivity contribution in [3.05, 3.63) is 63.0 Å². The Morgan fingerprint density at radius 3 is 2.79 bits per heavy atom. The van der Waals surface area contributed by atoms with E-state index in [1.807, 2.05) is 0 Å². The maximum Gasteiger partial charge on any atom is 0.411 e. The smallest absolute Gasteiger partial charge is 0.411 e. The van der Waals surface area contributed by atoms with Crippen LogP contribution in [0, 0.1) is 0 Å². The molecule has 0 aliphatic rings. The predicted molar refractivity (Wildman–Crippen MR) is 89.2 cm³/mol. The fourth-order valence-electron chi connectivity index (χ4n) is 2.28. The SMILES string of the molecule is CCOC(=O)Nc1ccccc1-c1cc(=O)c2ccc(=O)[nH]c2o1. The van der Waals surface area contributed by atoms with Crippen molar-refractivity contribution in [2.24, 2.45) is 0 Å². The van der Waals surface area contributed by atoms with Gasteiger partial charge in [-0.1, -0.05) is 12.1 Å². The normalized spacial score (nSPS) is 10.5. The Morgan fingerprint density at radius 1 is 1.21 bits per heavy atom. The molecule has 2 N–H and O–H groups in total. The minimum Gasteiger partial charge on any atom is -0.450 e. The number of aromatic nitrogens is 1. The van der Waals surface area contributed by atoms with Crippen LogP contribution in [-0.4, -0.2) is 17.7 Å². The second-order valence-corrected chi connectivity index (χ2v) is 4.93. The largest absolute Gasteiger partial charge is 0.450 e. The molecule has 3 rings (SSSR count). The highest BCUT2D eigenvalue weighted by atomic mass is 16.5. The molecule has 7 heteroatoms. The Hall–Kier alpha value is -3.35. The number of benzene rings is 1. The molecule has 0 unspecified atom stereocenters. The first kappa shape index (κ1) is 15.5. The van der Waals surface area contributed by atoms with E-state index in [1.54, 1.807) is 31.2 Å². The zero-order valence-corrected chi connectivity index (χ0v) is 12.8. The minimum atomic E-state index is -0.610. The van der Waals surface area contributed by atoms with E-state index in [2.05, 4.69) is 10.3 Å². The Labute approximate surface area is 135 Å². The number of nitrogens with one attached hydrogen (secondary N) is 2. The third-order valence-electron chi connectivity index (χ3n) is 3.33. The van der Waals surface area contributed by atoms with Gasteiger partial charge >= 0.3 is 6.09 Å². The van der Waals surface area contributed by atoms with Gasteiger partial charge in [-0.15, -0.1) is 0 Å². The van der Waals surface area contributed by atoms with E-state index in [0.29, 0.717) is 11.3 Å². The molecule has 24 heavy (non-hydrogen) atoms. The number of rotatable bonds is 3. The van der Waals surface area contributed by atoms with Gasteiger partial charge in [-0.2, -0.15) is 0 Å². The van der Waals surface area contributed by atoms with Gasteiger partial charge in [0, 0.05) is 17.7 Å². The Balaban J connectivity index is 2.12. The van der Waals surface area contributed by atoms with Crippen molar-refractivity contribution in [1.82, 2.24) is 4.98 Å². The van der Waals surface area contributed by atoms with E-state index in [4.69, 9.17) is 9.15 Å². The molecule has 0 saturated carbocycles.